The highest BCUT2D eigenvalue weighted by Crippen LogP contribution is 2.29. The lowest BCUT2D eigenvalue weighted by molar-refractivity contribution is 0.463. The predicted molar refractivity (Wildman–Crippen MR) is 80.4 cm³/mol. The Labute approximate surface area is 117 Å². The summed E-state index contributed by atoms with van der Waals surface area (Å²) in [5.74, 6) is 0.911. The monoisotopic (exact) mass is 273 g/mol. The molecule has 0 aliphatic carbocycles. The number of aromatic hydroxyl groups is 1. The molecule has 0 radical (unpaired) electrons. The summed E-state index contributed by atoms with van der Waals surface area (Å²) in [6.07, 6.45) is 2.34. The molecule has 0 saturated carbocycles. The second-order valence-electron chi connectivity index (χ2n) is 4.93. The van der Waals surface area contributed by atoms with E-state index in [1.165, 1.54) is 0 Å². The molecule has 0 aliphatic rings. The summed E-state index contributed by atoms with van der Waals surface area (Å²) in [6, 6.07) is 3.77. The minimum absolute atomic E-state index is 0.0722. The number of hydrogen-bond acceptors (Lipinski definition) is 4. The Morgan fingerprint density at radius 2 is 2.05 bits per heavy atom. The first-order valence-corrected chi connectivity index (χ1v) is 6.54. The highest BCUT2D eigenvalue weighted by Gasteiger charge is 2.14. The van der Waals surface area contributed by atoms with E-state index in [2.05, 4.69) is 9.97 Å². The summed E-state index contributed by atoms with van der Waals surface area (Å²) in [5, 5.41) is 10.1. The zero-order valence-corrected chi connectivity index (χ0v) is 12.2. The Morgan fingerprint density at radius 3 is 2.55 bits per heavy atom. The lowest BCUT2D eigenvalue weighted by Crippen LogP contribution is -2.13. The van der Waals surface area contributed by atoms with Gasteiger partial charge in [-0.2, -0.15) is 0 Å². The van der Waals surface area contributed by atoms with Crippen LogP contribution in [-0.4, -0.2) is 29.2 Å². The van der Waals surface area contributed by atoms with Gasteiger partial charge in [0.05, 0.1) is 11.3 Å². The van der Waals surface area contributed by atoms with Crippen LogP contribution in [0.5, 0.6) is 5.75 Å². The first-order valence-electron chi connectivity index (χ1n) is 6.54. The molecule has 0 unspecified atom stereocenters. The Hall–Kier alpha value is -2.30. The van der Waals surface area contributed by atoms with Crippen molar-refractivity contribution in [2.24, 2.45) is 0 Å². The van der Waals surface area contributed by atoms with Crippen LogP contribution in [0.25, 0.3) is 11.3 Å². The van der Waals surface area contributed by atoms with E-state index in [9.17, 15) is 9.90 Å². The van der Waals surface area contributed by atoms with Crippen molar-refractivity contribution in [3.63, 3.8) is 0 Å². The van der Waals surface area contributed by atoms with E-state index in [-0.39, 0.29) is 11.3 Å². The highest BCUT2D eigenvalue weighted by atomic mass is 16.3. The van der Waals surface area contributed by atoms with Crippen molar-refractivity contribution >= 4 is 5.82 Å². The van der Waals surface area contributed by atoms with Gasteiger partial charge in [0.25, 0.3) is 5.56 Å². The summed E-state index contributed by atoms with van der Waals surface area (Å²) in [6.45, 7) is 3.56. The Morgan fingerprint density at radius 1 is 1.35 bits per heavy atom. The van der Waals surface area contributed by atoms with Crippen molar-refractivity contribution in [2.45, 2.75) is 20.3 Å². The minimum Gasteiger partial charge on any atom is -0.507 e. The van der Waals surface area contributed by atoms with E-state index in [1.54, 1.807) is 13.1 Å². The fourth-order valence-electron chi connectivity index (χ4n) is 2.12. The maximum atomic E-state index is 11.8. The number of hydrogen-bond donors (Lipinski definition) is 2. The molecule has 0 saturated heterocycles. The van der Waals surface area contributed by atoms with Crippen molar-refractivity contribution in [2.75, 3.05) is 19.0 Å². The molecule has 0 aromatic carbocycles. The number of H-pyrrole nitrogens is 1. The second-order valence-corrected chi connectivity index (χ2v) is 4.93. The smallest absolute Gasteiger partial charge is 0.255 e. The van der Waals surface area contributed by atoms with E-state index < -0.39 is 0 Å². The second kappa shape index (κ2) is 5.36. The predicted octanol–water partition coefficient (Wildman–Crippen LogP) is 2.08. The van der Waals surface area contributed by atoms with E-state index >= 15 is 0 Å². The third-order valence-electron chi connectivity index (χ3n) is 3.37. The van der Waals surface area contributed by atoms with Gasteiger partial charge in [0, 0.05) is 31.4 Å². The molecule has 5 nitrogen and oxygen atoms in total. The van der Waals surface area contributed by atoms with E-state index in [4.69, 9.17) is 0 Å². The van der Waals surface area contributed by atoms with E-state index in [0.717, 1.165) is 16.9 Å². The van der Waals surface area contributed by atoms with Gasteiger partial charge in [0.2, 0.25) is 0 Å². The van der Waals surface area contributed by atoms with E-state index in [1.807, 2.05) is 38.1 Å². The average Bonchev–Trinajstić information content (AvgIpc) is 2.44. The molecule has 0 amide bonds. The topological polar surface area (TPSA) is 69.2 Å². The first-order chi connectivity index (χ1) is 9.45. The van der Waals surface area contributed by atoms with Crippen LogP contribution in [0.1, 0.15) is 18.1 Å². The standard InChI is InChI=1S/C15H19N3O2/c1-5-11-13(17-15(20)9(2)14(11)19)10-6-7-12(16-8-10)18(3)4/h6-8H,5H2,1-4H3,(H2,17,19,20). The van der Waals surface area contributed by atoms with Gasteiger partial charge < -0.3 is 15.0 Å². The van der Waals surface area contributed by atoms with Gasteiger partial charge in [-0.15, -0.1) is 0 Å². The zero-order valence-electron chi connectivity index (χ0n) is 12.2. The van der Waals surface area contributed by atoms with Gasteiger partial charge in [-0.3, -0.25) is 4.79 Å². The summed E-state index contributed by atoms with van der Waals surface area (Å²) < 4.78 is 0. The lowest BCUT2D eigenvalue weighted by Gasteiger charge is -2.14. The molecule has 2 aromatic rings. The van der Waals surface area contributed by atoms with Gasteiger partial charge in [-0.1, -0.05) is 6.92 Å². The van der Waals surface area contributed by atoms with Crippen molar-refractivity contribution in [1.29, 1.82) is 0 Å². The quantitative estimate of drug-likeness (QED) is 0.898. The van der Waals surface area contributed by atoms with Gasteiger partial charge in [0.15, 0.2) is 0 Å². The summed E-state index contributed by atoms with van der Waals surface area (Å²) >= 11 is 0. The molecule has 0 atom stereocenters. The molecule has 2 heterocycles. The highest BCUT2D eigenvalue weighted by molar-refractivity contribution is 5.67. The third kappa shape index (κ3) is 2.39. The Kier molecular flexibility index (Phi) is 3.79. The van der Waals surface area contributed by atoms with Gasteiger partial charge in [0.1, 0.15) is 11.6 Å². The van der Waals surface area contributed by atoms with Crippen molar-refractivity contribution in [1.82, 2.24) is 9.97 Å². The number of nitrogens with one attached hydrogen (secondary N) is 1. The molecular weight excluding hydrogens is 254 g/mol. The molecule has 106 valence electrons. The van der Waals surface area contributed by atoms with Gasteiger partial charge in [-0.05, 0) is 25.5 Å². The molecule has 5 heteroatoms. The van der Waals surface area contributed by atoms with Crippen molar-refractivity contribution in [3.05, 3.63) is 39.8 Å². The van der Waals surface area contributed by atoms with Crippen LogP contribution >= 0.6 is 0 Å². The fourth-order valence-corrected chi connectivity index (χ4v) is 2.12. The first kappa shape index (κ1) is 14.1. The fraction of sp³-hybridized carbons (Fsp3) is 0.333. The van der Waals surface area contributed by atoms with Gasteiger partial charge >= 0.3 is 0 Å². The maximum Gasteiger partial charge on any atom is 0.255 e. The van der Waals surface area contributed by atoms with Crippen LogP contribution in [-0.2, 0) is 6.42 Å². The van der Waals surface area contributed by atoms with Gasteiger partial charge in [-0.25, -0.2) is 4.98 Å². The zero-order chi connectivity index (χ0) is 14.9. The minimum atomic E-state index is -0.272. The molecule has 2 N–H and O–H groups in total. The molecule has 2 aromatic heterocycles. The SMILES string of the molecule is CCc1c(-c2ccc(N(C)C)nc2)[nH]c(=O)c(C)c1O. The number of aromatic amines is 1. The molecule has 2 rings (SSSR count). The van der Waals surface area contributed by atoms with Crippen LogP contribution in [0.3, 0.4) is 0 Å². The number of nitrogens with zero attached hydrogens (tertiary/aromatic N) is 2. The van der Waals surface area contributed by atoms with Crippen molar-refractivity contribution < 1.29 is 5.11 Å². The summed E-state index contributed by atoms with van der Waals surface area (Å²) in [4.78, 5) is 20.9. The van der Waals surface area contributed by atoms with Crippen LogP contribution < -0.4 is 10.5 Å². The number of pyridine rings is 2. The molecule has 0 fully saturated rings. The molecule has 0 spiro atoms. The summed E-state index contributed by atoms with van der Waals surface area (Å²) in [7, 11) is 3.83. The number of anilines is 1. The Balaban J connectivity index is 2.60. The number of rotatable bonds is 3. The molecular formula is C15H19N3O2. The Bertz CT molecular complexity index is 673. The molecule has 0 aliphatic heterocycles. The average molecular weight is 273 g/mol. The summed E-state index contributed by atoms with van der Waals surface area (Å²) in [5.41, 5.74) is 2.25. The van der Waals surface area contributed by atoms with Crippen LogP contribution in [0, 0.1) is 6.92 Å². The van der Waals surface area contributed by atoms with Crippen molar-refractivity contribution in [3.8, 4) is 17.0 Å². The van der Waals surface area contributed by atoms with E-state index in [0.29, 0.717) is 17.7 Å². The normalized spacial score (nSPS) is 10.6. The largest absolute Gasteiger partial charge is 0.507 e. The maximum absolute atomic E-state index is 11.8. The molecule has 0 bridgehead atoms. The van der Waals surface area contributed by atoms with Crippen LogP contribution in [0.4, 0.5) is 5.82 Å². The molecule has 20 heavy (non-hydrogen) atoms. The number of aromatic nitrogens is 2. The van der Waals surface area contributed by atoms with Crippen LogP contribution in [0.15, 0.2) is 23.1 Å². The van der Waals surface area contributed by atoms with Crippen LogP contribution in [0.2, 0.25) is 0 Å². The third-order valence-corrected chi connectivity index (χ3v) is 3.37. The lowest BCUT2D eigenvalue weighted by atomic mass is 10.0.